The molecule has 3 amide bonds. The van der Waals surface area contributed by atoms with Gasteiger partial charge >= 0.3 is 6.03 Å². The first-order valence-electron chi connectivity index (χ1n) is 12.7. The number of nitrogens with zero attached hydrogens (tertiary/aromatic N) is 3. The van der Waals surface area contributed by atoms with Gasteiger partial charge in [-0.05, 0) is 69.0 Å². The Bertz CT molecular complexity index is 991. The smallest absolute Gasteiger partial charge is 0.318 e. The molecule has 0 unspecified atom stereocenters. The van der Waals surface area contributed by atoms with E-state index in [4.69, 9.17) is 0 Å². The largest absolute Gasteiger partial charge is 0.340 e. The van der Waals surface area contributed by atoms with E-state index in [1.165, 1.54) is 24.3 Å². The van der Waals surface area contributed by atoms with Crippen LogP contribution in [0.2, 0.25) is 0 Å². The zero-order chi connectivity index (χ0) is 25.9. The summed E-state index contributed by atoms with van der Waals surface area (Å²) in [7, 11) is 0. The highest BCUT2D eigenvalue weighted by molar-refractivity contribution is 5.80. The summed E-state index contributed by atoms with van der Waals surface area (Å²) in [5, 5.41) is 3.03. The van der Waals surface area contributed by atoms with Crippen LogP contribution in [0.1, 0.15) is 50.8 Å². The average molecular weight is 499 g/mol. The van der Waals surface area contributed by atoms with E-state index in [1.54, 1.807) is 29.2 Å². The first-order chi connectivity index (χ1) is 17.1. The Hall–Kier alpha value is -3.00. The summed E-state index contributed by atoms with van der Waals surface area (Å²) < 4.78 is 27.0. The van der Waals surface area contributed by atoms with Gasteiger partial charge in [-0.15, -0.1) is 0 Å². The number of hydrogen-bond acceptors (Lipinski definition) is 3. The molecule has 2 aromatic rings. The second kappa shape index (κ2) is 10.9. The van der Waals surface area contributed by atoms with Crippen molar-refractivity contribution in [3.8, 4) is 0 Å². The third-order valence-corrected chi connectivity index (χ3v) is 7.35. The zero-order valence-corrected chi connectivity index (χ0v) is 21.3. The highest BCUT2D eigenvalue weighted by atomic mass is 19.1. The van der Waals surface area contributed by atoms with Crippen LogP contribution in [0, 0.1) is 17.6 Å². The van der Waals surface area contributed by atoms with Gasteiger partial charge in [0.15, 0.2) is 0 Å². The molecule has 2 heterocycles. The summed E-state index contributed by atoms with van der Waals surface area (Å²) in [5.41, 5.74) is 1.51. The zero-order valence-electron chi connectivity index (χ0n) is 21.3. The van der Waals surface area contributed by atoms with Crippen LogP contribution in [-0.2, 0) is 4.79 Å². The third-order valence-electron chi connectivity index (χ3n) is 7.35. The van der Waals surface area contributed by atoms with Gasteiger partial charge in [0.25, 0.3) is 0 Å². The van der Waals surface area contributed by atoms with E-state index in [1.807, 2.05) is 4.90 Å². The summed E-state index contributed by atoms with van der Waals surface area (Å²) in [4.78, 5) is 32.4. The summed E-state index contributed by atoms with van der Waals surface area (Å²) >= 11 is 0. The van der Waals surface area contributed by atoms with Gasteiger partial charge in [0, 0.05) is 50.7 Å². The molecule has 36 heavy (non-hydrogen) atoms. The standard InChI is InChI=1S/C28H36F2N4O2/c1-28(2,3)34-18-16-32(17-19-34)26(35)22-12-14-33(15-13-22)27(36)31-25(20-4-8-23(29)9-5-20)21-6-10-24(30)11-7-21/h4-11,22,25H,12-19H2,1-3H3,(H,31,36). The average Bonchev–Trinajstić information content (AvgIpc) is 2.87. The van der Waals surface area contributed by atoms with E-state index in [0.717, 1.165) is 26.2 Å². The van der Waals surface area contributed by atoms with Crippen molar-refractivity contribution in [3.63, 3.8) is 0 Å². The Morgan fingerprint density at radius 1 is 0.778 bits per heavy atom. The van der Waals surface area contributed by atoms with Crippen LogP contribution in [0.3, 0.4) is 0 Å². The van der Waals surface area contributed by atoms with Crippen LogP contribution in [-0.4, -0.2) is 71.4 Å². The Balaban J connectivity index is 1.35. The normalized spacial score (nSPS) is 17.9. The molecule has 4 rings (SSSR count). The van der Waals surface area contributed by atoms with Crippen molar-refractivity contribution >= 4 is 11.9 Å². The molecule has 0 spiro atoms. The quantitative estimate of drug-likeness (QED) is 0.679. The number of hydrogen-bond donors (Lipinski definition) is 1. The van der Waals surface area contributed by atoms with Gasteiger partial charge in [-0.25, -0.2) is 13.6 Å². The highest BCUT2D eigenvalue weighted by Gasteiger charge is 2.34. The molecule has 0 bridgehead atoms. The number of carbonyl (C=O) groups is 2. The van der Waals surface area contributed by atoms with Crippen LogP contribution in [0.15, 0.2) is 48.5 Å². The summed E-state index contributed by atoms with van der Waals surface area (Å²) in [6.07, 6.45) is 1.26. The number of amides is 3. The van der Waals surface area contributed by atoms with Gasteiger partial charge in [0.05, 0.1) is 6.04 Å². The fourth-order valence-electron chi connectivity index (χ4n) is 5.07. The van der Waals surface area contributed by atoms with Crippen molar-refractivity contribution in [2.75, 3.05) is 39.3 Å². The monoisotopic (exact) mass is 498 g/mol. The van der Waals surface area contributed by atoms with Crippen LogP contribution in [0.5, 0.6) is 0 Å². The van der Waals surface area contributed by atoms with Crippen LogP contribution in [0.4, 0.5) is 13.6 Å². The van der Waals surface area contributed by atoms with E-state index in [9.17, 15) is 18.4 Å². The maximum Gasteiger partial charge on any atom is 0.318 e. The minimum atomic E-state index is -0.544. The number of piperazine rings is 1. The molecule has 6 nitrogen and oxygen atoms in total. The topological polar surface area (TPSA) is 55.9 Å². The van der Waals surface area contributed by atoms with Crippen molar-refractivity contribution in [2.24, 2.45) is 5.92 Å². The lowest BCUT2D eigenvalue weighted by Gasteiger charge is -2.43. The van der Waals surface area contributed by atoms with Gasteiger partial charge in [-0.3, -0.25) is 9.69 Å². The Kier molecular flexibility index (Phi) is 7.93. The molecule has 1 N–H and O–H groups in total. The first-order valence-corrected chi connectivity index (χ1v) is 12.7. The first kappa shape index (κ1) is 26.1. The number of halogens is 2. The number of likely N-dealkylation sites (tertiary alicyclic amines) is 1. The van der Waals surface area contributed by atoms with E-state index in [-0.39, 0.29) is 35.0 Å². The number of rotatable bonds is 4. The van der Waals surface area contributed by atoms with Gasteiger partial charge in [0.1, 0.15) is 11.6 Å². The van der Waals surface area contributed by atoms with Crippen LogP contribution < -0.4 is 5.32 Å². The van der Waals surface area contributed by atoms with Gasteiger partial charge in [-0.2, -0.15) is 0 Å². The number of benzene rings is 2. The highest BCUT2D eigenvalue weighted by Crippen LogP contribution is 2.26. The minimum Gasteiger partial charge on any atom is -0.340 e. The van der Waals surface area contributed by atoms with Crippen LogP contribution >= 0.6 is 0 Å². The lowest BCUT2D eigenvalue weighted by molar-refractivity contribution is -0.139. The van der Waals surface area contributed by atoms with Crippen molar-refractivity contribution in [3.05, 3.63) is 71.3 Å². The molecule has 0 aromatic heterocycles. The lowest BCUT2D eigenvalue weighted by atomic mass is 9.94. The van der Waals surface area contributed by atoms with Crippen molar-refractivity contribution in [1.29, 1.82) is 0 Å². The fraction of sp³-hybridized carbons (Fsp3) is 0.500. The molecule has 2 saturated heterocycles. The van der Waals surface area contributed by atoms with Gasteiger partial charge in [0.2, 0.25) is 5.91 Å². The van der Waals surface area contributed by atoms with Crippen molar-refractivity contribution in [2.45, 2.75) is 45.2 Å². The number of nitrogens with one attached hydrogen (secondary N) is 1. The maximum absolute atomic E-state index is 13.5. The molecule has 8 heteroatoms. The lowest BCUT2D eigenvalue weighted by Crippen LogP contribution is -2.56. The molecule has 0 aliphatic carbocycles. The van der Waals surface area contributed by atoms with E-state index in [0.29, 0.717) is 37.1 Å². The molecule has 194 valence electrons. The molecule has 2 aromatic carbocycles. The van der Waals surface area contributed by atoms with Gasteiger partial charge < -0.3 is 15.1 Å². The van der Waals surface area contributed by atoms with Crippen molar-refractivity contribution in [1.82, 2.24) is 20.0 Å². The van der Waals surface area contributed by atoms with E-state index in [2.05, 4.69) is 31.0 Å². The molecule has 0 saturated carbocycles. The second-order valence-corrected chi connectivity index (χ2v) is 10.7. The number of carbonyl (C=O) groups excluding carboxylic acids is 2. The molecule has 2 fully saturated rings. The van der Waals surface area contributed by atoms with E-state index >= 15 is 0 Å². The second-order valence-electron chi connectivity index (χ2n) is 10.7. The maximum atomic E-state index is 13.5. The predicted molar refractivity (Wildman–Crippen MR) is 135 cm³/mol. The summed E-state index contributed by atoms with van der Waals surface area (Å²) in [6.45, 7) is 10.8. The van der Waals surface area contributed by atoms with Crippen LogP contribution in [0.25, 0.3) is 0 Å². The fourth-order valence-corrected chi connectivity index (χ4v) is 5.07. The molecule has 0 radical (unpaired) electrons. The Morgan fingerprint density at radius 3 is 1.69 bits per heavy atom. The number of piperidine rings is 1. The molecule has 2 aliphatic rings. The molecular weight excluding hydrogens is 462 g/mol. The van der Waals surface area contributed by atoms with E-state index < -0.39 is 6.04 Å². The Labute approximate surface area is 212 Å². The molecule has 0 atom stereocenters. The Morgan fingerprint density at radius 2 is 1.25 bits per heavy atom. The predicted octanol–water partition coefficient (Wildman–Crippen LogP) is 4.42. The minimum absolute atomic E-state index is 0.0692. The summed E-state index contributed by atoms with van der Waals surface area (Å²) in [5.74, 6) is -0.608. The molecular formula is C28H36F2N4O2. The van der Waals surface area contributed by atoms with Gasteiger partial charge in [-0.1, -0.05) is 24.3 Å². The third kappa shape index (κ3) is 6.22. The summed E-state index contributed by atoms with van der Waals surface area (Å²) in [6, 6.07) is 11.1. The SMILES string of the molecule is CC(C)(C)N1CCN(C(=O)C2CCN(C(=O)NC(c3ccc(F)cc3)c3ccc(F)cc3)CC2)CC1. The number of urea groups is 1. The van der Waals surface area contributed by atoms with Crippen molar-refractivity contribution < 1.29 is 18.4 Å². The molecule has 2 aliphatic heterocycles.